The van der Waals surface area contributed by atoms with Gasteiger partial charge < -0.3 is 49.7 Å². The molecule has 2 aliphatic rings. The molecule has 0 bridgehead atoms. The molecule has 12 rings (SSSR count). The zero-order valence-corrected chi connectivity index (χ0v) is 49.4. The summed E-state index contributed by atoms with van der Waals surface area (Å²) in [6, 6.07) is 81.4. The number of hydrogen-bond donors (Lipinski definition) is 0. The molecule has 0 atom stereocenters. The molecular weight excluding hydrogens is 1370 g/mol. The molecule has 412 valence electrons. The fraction of sp³-hybridized carbons (Fsp3) is 0.0746. The van der Waals surface area contributed by atoms with Gasteiger partial charge in [-0.1, -0.05) is 136 Å². The van der Waals surface area contributed by atoms with Crippen LogP contribution in [0.1, 0.15) is 25.0 Å². The first-order valence-corrected chi connectivity index (χ1v) is 25.6. The summed E-state index contributed by atoms with van der Waals surface area (Å²) in [4.78, 5) is 25.7. The van der Waals surface area contributed by atoms with E-state index in [0.717, 1.165) is 68.6 Å². The van der Waals surface area contributed by atoms with Crippen molar-refractivity contribution in [1.82, 2.24) is 9.97 Å². The molecule has 14 heteroatoms. The van der Waals surface area contributed by atoms with Gasteiger partial charge in [-0.2, -0.15) is 74.0 Å². The Kier molecular flexibility index (Phi) is 20.4. The van der Waals surface area contributed by atoms with Crippen molar-refractivity contribution in [1.29, 1.82) is 0 Å². The predicted octanol–water partition coefficient (Wildman–Crippen LogP) is 17.5. The largest absolute Gasteiger partial charge is 0.502 e. The van der Waals surface area contributed by atoms with Crippen molar-refractivity contribution in [2.45, 2.75) is 19.3 Å². The summed E-state index contributed by atoms with van der Waals surface area (Å²) >= 11 is 0. The summed E-state index contributed by atoms with van der Waals surface area (Å²) in [5, 5.41) is 8.90. The molecule has 0 aliphatic carbocycles. The number of fused-ring (bicyclic) bond motifs is 2. The Morgan fingerprint density at radius 1 is 0.457 bits per heavy atom. The number of pyridine rings is 2. The third-order valence-corrected chi connectivity index (χ3v) is 12.8. The van der Waals surface area contributed by atoms with Gasteiger partial charge >= 0.3 is 0 Å². The minimum absolute atomic E-state index is 0. The molecular formula is C67H56N10O2Pt2-6. The molecule has 2 aliphatic heterocycles. The Labute approximate surface area is 504 Å². The van der Waals surface area contributed by atoms with Gasteiger partial charge in [-0.05, 0) is 121 Å². The third-order valence-electron chi connectivity index (χ3n) is 12.8. The zero-order valence-electron chi connectivity index (χ0n) is 44.8. The van der Waals surface area contributed by atoms with Gasteiger partial charge in [0.2, 0.25) is 0 Å². The van der Waals surface area contributed by atoms with E-state index in [-0.39, 0.29) is 47.5 Å². The van der Waals surface area contributed by atoms with Crippen LogP contribution >= 0.6 is 0 Å². The van der Waals surface area contributed by atoms with E-state index >= 15 is 0 Å². The van der Waals surface area contributed by atoms with Crippen LogP contribution in [-0.2, 0) is 47.5 Å². The SMILES string of the molecule is CC(C)(c1ccc(Oc2cccc([N-]C=Nc3ccccc3)c2)cc1)c1ccc(Oc2cccc([N-]C=Nc3ccccc3)c2)cc1.CN1[CH-]N(c2[c-]cccc2)c2ncccc21.CN1[CH-]N(c2[c-]cccc2)c2ncccc21.[Pt].[Pt]. The average Bonchev–Trinajstić information content (AvgIpc) is 4.05. The van der Waals surface area contributed by atoms with Crippen LogP contribution in [-0.4, -0.2) is 36.7 Å². The van der Waals surface area contributed by atoms with Crippen molar-refractivity contribution < 1.29 is 51.6 Å². The molecule has 0 saturated heterocycles. The summed E-state index contributed by atoms with van der Waals surface area (Å²) in [5.41, 5.74) is 9.59. The number of anilines is 6. The van der Waals surface area contributed by atoms with E-state index in [0.29, 0.717) is 11.5 Å². The fourth-order valence-corrected chi connectivity index (χ4v) is 8.62. The number of nitrogens with zero attached hydrogens (tertiary/aromatic N) is 10. The van der Waals surface area contributed by atoms with Gasteiger partial charge in [-0.3, -0.25) is 0 Å². The van der Waals surface area contributed by atoms with Crippen molar-refractivity contribution in [2.75, 3.05) is 33.7 Å². The number of aromatic nitrogens is 2. The van der Waals surface area contributed by atoms with Gasteiger partial charge in [0.1, 0.15) is 34.6 Å². The van der Waals surface area contributed by atoms with Crippen LogP contribution in [0.25, 0.3) is 10.6 Å². The Hall–Kier alpha value is -8.82. The maximum atomic E-state index is 6.14. The Morgan fingerprint density at radius 2 is 0.864 bits per heavy atom. The van der Waals surface area contributed by atoms with Crippen LogP contribution in [0.5, 0.6) is 23.0 Å². The van der Waals surface area contributed by atoms with Gasteiger partial charge in [0.15, 0.2) is 0 Å². The molecule has 10 aromatic rings. The molecule has 4 heterocycles. The number of aliphatic imine (C=N–C) groups is 2. The van der Waals surface area contributed by atoms with Gasteiger partial charge in [0.25, 0.3) is 0 Å². The number of rotatable bonds is 14. The first-order chi connectivity index (χ1) is 38.7. The summed E-state index contributed by atoms with van der Waals surface area (Å²) in [6.07, 6.45) is 6.73. The molecule has 0 saturated carbocycles. The fourth-order valence-electron chi connectivity index (χ4n) is 8.62. The van der Waals surface area contributed by atoms with E-state index in [9.17, 15) is 0 Å². The number of benzene rings is 8. The number of para-hydroxylation sites is 4. The third kappa shape index (κ3) is 15.3. The number of hydrogen-bond acceptors (Lipinski definition) is 10. The summed E-state index contributed by atoms with van der Waals surface area (Å²) in [5.74, 6) is 4.83. The second kappa shape index (κ2) is 28.4. The molecule has 0 unspecified atom stereocenters. The summed E-state index contributed by atoms with van der Waals surface area (Å²) in [6.45, 7) is 8.46. The molecule has 81 heavy (non-hydrogen) atoms. The van der Waals surface area contributed by atoms with Gasteiger partial charge in [-0.25, -0.2) is 9.97 Å². The van der Waals surface area contributed by atoms with E-state index < -0.39 is 0 Å². The van der Waals surface area contributed by atoms with Crippen LogP contribution in [0.4, 0.5) is 57.1 Å². The molecule has 2 aromatic heterocycles. The number of ether oxygens (including phenoxy) is 2. The topological polar surface area (TPSA) is 110 Å². The van der Waals surface area contributed by atoms with Crippen LogP contribution in [0.15, 0.2) is 253 Å². The van der Waals surface area contributed by atoms with Gasteiger partial charge in [0, 0.05) is 71.3 Å². The standard InChI is InChI=1S/C41H34N4O2.2C13H11N3.2Pt/c1-41(2,31-19-23-37(24-20-31)46-39-17-9-15-35(27-39)44-29-42-33-11-5-3-6-12-33)32-21-25-38(26-22-32)47-40-18-10-16-36(28-40)45-30-43-34-13-7-4-8-14-34;2*1-15-10-16(11-6-3-2-4-7-11)13-12(15)8-5-9-14-13;;/h3-30H,1-2H3;2*2-6,8-10H,1H3;;/q3*-2;;. The zero-order chi connectivity index (χ0) is 54.2. The van der Waals surface area contributed by atoms with Crippen LogP contribution in [0.3, 0.4) is 0 Å². The van der Waals surface area contributed by atoms with E-state index in [1.165, 1.54) is 11.1 Å². The molecule has 8 aromatic carbocycles. The molecule has 0 radical (unpaired) electrons. The second-order valence-electron chi connectivity index (χ2n) is 18.7. The van der Waals surface area contributed by atoms with Crippen molar-refractivity contribution >= 4 is 69.8 Å². The van der Waals surface area contributed by atoms with Crippen LogP contribution in [0.2, 0.25) is 0 Å². The normalized spacial score (nSPS) is 12.2. The van der Waals surface area contributed by atoms with Crippen LogP contribution < -0.4 is 29.1 Å². The minimum atomic E-state index is -0.231. The Balaban J connectivity index is 0.000000204. The Bertz CT molecular complexity index is 3360. The van der Waals surface area contributed by atoms with E-state index in [4.69, 9.17) is 9.47 Å². The van der Waals surface area contributed by atoms with Crippen molar-refractivity contribution in [2.24, 2.45) is 9.98 Å². The Morgan fingerprint density at radius 3 is 1.26 bits per heavy atom. The smallest absolute Gasteiger partial charge is 0.127 e. The average molecular weight is 1420 g/mol. The summed E-state index contributed by atoms with van der Waals surface area (Å²) in [7, 11) is 4.03. The quantitative estimate of drug-likeness (QED) is 0.0601. The second-order valence-corrected chi connectivity index (χ2v) is 18.7. The first kappa shape index (κ1) is 58.3. The first-order valence-electron chi connectivity index (χ1n) is 25.6. The monoisotopic (exact) mass is 1420 g/mol. The molecule has 12 nitrogen and oxygen atoms in total. The van der Waals surface area contributed by atoms with Crippen LogP contribution in [0, 0.1) is 25.5 Å². The van der Waals surface area contributed by atoms with Crippen molar-refractivity contribution in [3.05, 3.63) is 290 Å². The summed E-state index contributed by atoms with van der Waals surface area (Å²) < 4.78 is 12.3. The maximum absolute atomic E-state index is 6.14. The van der Waals surface area contributed by atoms with E-state index in [2.05, 4.69) is 103 Å². The van der Waals surface area contributed by atoms with Crippen molar-refractivity contribution in [3.63, 3.8) is 0 Å². The molecule has 0 amide bonds. The molecule has 0 fully saturated rings. The minimum Gasteiger partial charge on any atom is -0.502 e. The molecule has 0 spiro atoms. The van der Waals surface area contributed by atoms with Crippen molar-refractivity contribution in [3.8, 4) is 23.0 Å². The predicted molar refractivity (Wildman–Crippen MR) is 322 cm³/mol. The van der Waals surface area contributed by atoms with E-state index in [1.807, 2.05) is 244 Å². The van der Waals surface area contributed by atoms with Gasteiger partial charge in [-0.15, -0.1) is 11.4 Å². The van der Waals surface area contributed by atoms with E-state index in [1.54, 1.807) is 12.7 Å². The van der Waals surface area contributed by atoms with Gasteiger partial charge in [0.05, 0.1) is 0 Å². The maximum Gasteiger partial charge on any atom is 0.127 e. The molecule has 0 N–H and O–H groups in total.